The third-order valence-electron chi connectivity index (χ3n) is 3.48. The van der Waals surface area contributed by atoms with Crippen molar-refractivity contribution >= 4 is 15.7 Å². The molecule has 0 radical (unpaired) electrons. The lowest BCUT2D eigenvalue weighted by molar-refractivity contribution is 0.395. The molecule has 0 aliphatic heterocycles. The normalized spacial score (nSPS) is 11.2. The summed E-state index contributed by atoms with van der Waals surface area (Å²) >= 11 is 0. The van der Waals surface area contributed by atoms with Crippen LogP contribution in [0.25, 0.3) is 0 Å². The number of aryl methyl sites for hydroxylation is 3. The molecule has 1 N–H and O–H groups in total. The van der Waals surface area contributed by atoms with Gasteiger partial charge in [-0.2, -0.15) is 0 Å². The Labute approximate surface area is 137 Å². The van der Waals surface area contributed by atoms with E-state index in [1.165, 1.54) is 14.2 Å². The smallest absolute Gasteiger partial charge is 0.262 e. The monoisotopic (exact) mass is 335 g/mol. The van der Waals surface area contributed by atoms with Crippen LogP contribution >= 0.6 is 0 Å². The molecule has 23 heavy (non-hydrogen) atoms. The van der Waals surface area contributed by atoms with Gasteiger partial charge in [0.1, 0.15) is 11.5 Å². The van der Waals surface area contributed by atoms with E-state index in [0.29, 0.717) is 33.2 Å². The average Bonchev–Trinajstić information content (AvgIpc) is 2.44. The number of hydrogen-bond donors (Lipinski definition) is 1. The number of sulfonamides is 1. The molecule has 0 aliphatic carbocycles. The topological polar surface area (TPSA) is 64.6 Å². The van der Waals surface area contributed by atoms with Gasteiger partial charge in [0.25, 0.3) is 10.0 Å². The first-order chi connectivity index (χ1) is 10.8. The van der Waals surface area contributed by atoms with Crippen LogP contribution in [0.2, 0.25) is 0 Å². The highest BCUT2D eigenvalue weighted by Crippen LogP contribution is 2.29. The van der Waals surface area contributed by atoms with Gasteiger partial charge in [0.15, 0.2) is 0 Å². The lowest BCUT2D eigenvalue weighted by Gasteiger charge is -2.15. The Kier molecular flexibility index (Phi) is 4.85. The van der Waals surface area contributed by atoms with Gasteiger partial charge in [0.05, 0.1) is 24.8 Å². The van der Waals surface area contributed by atoms with Gasteiger partial charge in [-0.25, -0.2) is 8.42 Å². The summed E-state index contributed by atoms with van der Waals surface area (Å²) in [6.07, 6.45) is 0. The van der Waals surface area contributed by atoms with Crippen LogP contribution in [0.1, 0.15) is 16.7 Å². The molecule has 0 atom stereocenters. The highest BCUT2D eigenvalue weighted by Gasteiger charge is 2.20. The van der Waals surface area contributed by atoms with E-state index in [4.69, 9.17) is 9.47 Å². The fraction of sp³-hybridized carbons (Fsp3) is 0.294. The predicted octanol–water partition coefficient (Wildman–Crippen LogP) is 3.43. The maximum absolute atomic E-state index is 12.8. The first-order valence-electron chi connectivity index (χ1n) is 7.10. The van der Waals surface area contributed by atoms with Gasteiger partial charge < -0.3 is 9.47 Å². The van der Waals surface area contributed by atoms with E-state index in [2.05, 4.69) is 4.72 Å². The quantitative estimate of drug-likeness (QED) is 0.909. The Morgan fingerprint density at radius 2 is 1.30 bits per heavy atom. The summed E-state index contributed by atoms with van der Waals surface area (Å²) in [4.78, 5) is 0.296. The highest BCUT2D eigenvalue weighted by atomic mass is 32.2. The fourth-order valence-electron chi connectivity index (χ4n) is 2.66. The van der Waals surface area contributed by atoms with Gasteiger partial charge in [-0.3, -0.25) is 4.72 Å². The average molecular weight is 335 g/mol. The van der Waals surface area contributed by atoms with E-state index in [0.717, 1.165) is 5.56 Å². The first-order valence-corrected chi connectivity index (χ1v) is 8.59. The second kappa shape index (κ2) is 6.50. The van der Waals surface area contributed by atoms with Gasteiger partial charge in [-0.05, 0) is 31.9 Å². The number of hydrogen-bond acceptors (Lipinski definition) is 4. The molecule has 124 valence electrons. The molecule has 5 nitrogen and oxygen atoms in total. The zero-order chi connectivity index (χ0) is 17.2. The lowest BCUT2D eigenvalue weighted by atomic mass is 10.1. The SMILES string of the molecule is COc1cc(NS(=O)(=O)c2c(C)cc(C)cc2C)cc(OC)c1. The summed E-state index contributed by atoms with van der Waals surface area (Å²) in [5.74, 6) is 1.03. The molecule has 0 unspecified atom stereocenters. The van der Waals surface area contributed by atoms with Crippen molar-refractivity contribution in [2.24, 2.45) is 0 Å². The Balaban J connectivity index is 2.47. The van der Waals surface area contributed by atoms with Crippen molar-refractivity contribution in [3.63, 3.8) is 0 Å². The van der Waals surface area contributed by atoms with Gasteiger partial charge in [-0.1, -0.05) is 17.7 Å². The fourth-order valence-corrected chi connectivity index (χ4v) is 4.16. The van der Waals surface area contributed by atoms with E-state index in [1.54, 1.807) is 32.0 Å². The van der Waals surface area contributed by atoms with Crippen LogP contribution in [-0.4, -0.2) is 22.6 Å². The van der Waals surface area contributed by atoms with Crippen LogP contribution < -0.4 is 14.2 Å². The molecule has 0 aliphatic rings. The number of methoxy groups -OCH3 is 2. The molecule has 6 heteroatoms. The third kappa shape index (κ3) is 3.76. The van der Waals surface area contributed by atoms with Crippen molar-refractivity contribution < 1.29 is 17.9 Å². The van der Waals surface area contributed by atoms with Crippen LogP contribution in [0.3, 0.4) is 0 Å². The second-order valence-electron chi connectivity index (χ2n) is 5.43. The number of anilines is 1. The maximum Gasteiger partial charge on any atom is 0.262 e. The standard InChI is InChI=1S/C17H21NO4S/c1-11-6-12(2)17(13(3)7-11)23(19,20)18-14-8-15(21-4)10-16(9-14)22-5/h6-10,18H,1-5H3. The van der Waals surface area contributed by atoms with Crippen LogP contribution in [-0.2, 0) is 10.0 Å². The van der Waals surface area contributed by atoms with Gasteiger partial charge in [-0.15, -0.1) is 0 Å². The first kappa shape index (κ1) is 17.1. The molecule has 0 spiro atoms. The summed E-state index contributed by atoms with van der Waals surface area (Å²) in [6, 6.07) is 8.61. The molecule has 0 heterocycles. The van der Waals surface area contributed by atoms with E-state index in [9.17, 15) is 8.42 Å². The summed E-state index contributed by atoms with van der Waals surface area (Å²) in [5.41, 5.74) is 2.84. The van der Waals surface area contributed by atoms with Crippen molar-refractivity contribution in [3.05, 3.63) is 47.0 Å². The summed E-state index contributed by atoms with van der Waals surface area (Å²) < 4.78 is 38.5. The molecule has 0 saturated heterocycles. The number of ether oxygens (including phenoxy) is 2. The highest BCUT2D eigenvalue weighted by molar-refractivity contribution is 7.92. The van der Waals surface area contributed by atoms with Crippen molar-refractivity contribution in [1.82, 2.24) is 0 Å². The molecular weight excluding hydrogens is 314 g/mol. The molecule has 0 amide bonds. The number of nitrogens with one attached hydrogen (secondary N) is 1. The summed E-state index contributed by atoms with van der Waals surface area (Å²) in [5, 5.41) is 0. The Morgan fingerprint density at radius 1 is 0.826 bits per heavy atom. The van der Waals surface area contributed by atoms with Gasteiger partial charge >= 0.3 is 0 Å². The zero-order valence-corrected chi connectivity index (χ0v) is 14.7. The largest absolute Gasteiger partial charge is 0.497 e. The Morgan fingerprint density at radius 3 is 1.74 bits per heavy atom. The zero-order valence-electron chi connectivity index (χ0n) is 13.9. The summed E-state index contributed by atoms with van der Waals surface area (Å²) in [6.45, 7) is 5.53. The molecule has 2 aromatic carbocycles. The number of benzene rings is 2. The Hall–Kier alpha value is -2.21. The van der Waals surface area contributed by atoms with E-state index in [-0.39, 0.29) is 0 Å². The molecule has 0 saturated carbocycles. The molecule has 2 aromatic rings. The minimum Gasteiger partial charge on any atom is -0.497 e. The molecule has 0 bridgehead atoms. The Bertz CT molecular complexity index is 783. The van der Waals surface area contributed by atoms with Crippen molar-refractivity contribution in [3.8, 4) is 11.5 Å². The van der Waals surface area contributed by atoms with Crippen molar-refractivity contribution in [1.29, 1.82) is 0 Å². The van der Waals surface area contributed by atoms with Crippen LogP contribution in [0.15, 0.2) is 35.2 Å². The summed E-state index contributed by atoms with van der Waals surface area (Å²) in [7, 11) is -0.672. The van der Waals surface area contributed by atoms with E-state index >= 15 is 0 Å². The minimum atomic E-state index is -3.70. The molecular formula is C17H21NO4S. The molecule has 0 fully saturated rings. The maximum atomic E-state index is 12.8. The van der Waals surface area contributed by atoms with E-state index in [1.807, 2.05) is 19.1 Å². The number of rotatable bonds is 5. The van der Waals surface area contributed by atoms with Crippen LogP contribution in [0, 0.1) is 20.8 Å². The molecule has 0 aromatic heterocycles. The van der Waals surface area contributed by atoms with Crippen LogP contribution in [0.5, 0.6) is 11.5 Å². The van der Waals surface area contributed by atoms with Crippen molar-refractivity contribution in [2.75, 3.05) is 18.9 Å². The van der Waals surface area contributed by atoms with Crippen molar-refractivity contribution in [2.45, 2.75) is 25.7 Å². The lowest BCUT2D eigenvalue weighted by Crippen LogP contribution is -2.16. The van der Waals surface area contributed by atoms with Gasteiger partial charge in [0, 0.05) is 18.2 Å². The molecule has 2 rings (SSSR count). The van der Waals surface area contributed by atoms with E-state index < -0.39 is 10.0 Å². The predicted molar refractivity (Wildman–Crippen MR) is 91.0 cm³/mol. The third-order valence-corrected chi connectivity index (χ3v) is 5.16. The minimum absolute atomic E-state index is 0.296. The van der Waals surface area contributed by atoms with Gasteiger partial charge in [0.2, 0.25) is 0 Å². The van der Waals surface area contributed by atoms with Crippen LogP contribution in [0.4, 0.5) is 5.69 Å². The second-order valence-corrected chi connectivity index (χ2v) is 7.05.